The fourth-order valence-corrected chi connectivity index (χ4v) is 3.66. The number of halogens is 4. The molecule has 1 aromatic heterocycles. The van der Waals surface area contributed by atoms with Crippen LogP contribution >= 0.6 is 24.8 Å². The minimum absolute atomic E-state index is 0. The molecule has 0 bridgehead atoms. The fourth-order valence-electron chi connectivity index (χ4n) is 3.66. The monoisotopic (exact) mass is 468 g/mol. The van der Waals surface area contributed by atoms with Crippen molar-refractivity contribution < 1.29 is 23.1 Å². The molecule has 3 rings (SSSR count). The summed E-state index contributed by atoms with van der Waals surface area (Å²) in [4.78, 5) is 30.7. The summed E-state index contributed by atoms with van der Waals surface area (Å²) >= 11 is 0. The van der Waals surface area contributed by atoms with Crippen molar-refractivity contribution in [3.05, 3.63) is 24.0 Å². The van der Waals surface area contributed by atoms with Crippen LogP contribution in [0, 0.1) is 5.92 Å². The highest BCUT2D eigenvalue weighted by molar-refractivity contribution is 5.95. The zero-order chi connectivity index (χ0) is 19.9. The van der Waals surface area contributed by atoms with Crippen LogP contribution in [0.3, 0.4) is 0 Å². The summed E-state index contributed by atoms with van der Waals surface area (Å²) in [6.45, 7) is 1.65. The minimum atomic E-state index is -2.62. The van der Waals surface area contributed by atoms with Crippen LogP contribution in [0.25, 0.3) is 0 Å². The number of amides is 2. The Bertz CT molecular complexity index is 693. The first-order valence-electron chi connectivity index (χ1n) is 9.71. The average Bonchev–Trinajstić information content (AvgIpc) is 3.25. The maximum Gasteiger partial charge on any atom is 0.276 e. The third-order valence-corrected chi connectivity index (χ3v) is 5.09. The number of aromatic nitrogens is 1. The Labute approximate surface area is 187 Å². The molecule has 2 fully saturated rings. The van der Waals surface area contributed by atoms with Gasteiger partial charge in [0.05, 0.1) is 6.04 Å². The maximum absolute atomic E-state index is 12.9. The molecule has 3 heterocycles. The van der Waals surface area contributed by atoms with Gasteiger partial charge in [-0.05, 0) is 50.3 Å². The molecule has 30 heavy (non-hydrogen) atoms. The van der Waals surface area contributed by atoms with Gasteiger partial charge in [0.25, 0.3) is 12.3 Å². The second kappa shape index (κ2) is 12.9. The minimum Gasteiger partial charge on any atom is -0.485 e. The summed E-state index contributed by atoms with van der Waals surface area (Å²) < 4.78 is 29.9. The van der Waals surface area contributed by atoms with Crippen molar-refractivity contribution in [3.63, 3.8) is 0 Å². The first-order valence-corrected chi connectivity index (χ1v) is 9.71. The predicted octanol–water partition coefficient (Wildman–Crippen LogP) is 2.29. The van der Waals surface area contributed by atoms with Gasteiger partial charge in [-0.15, -0.1) is 24.8 Å². The van der Waals surface area contributed by atoms with Crippen LogP contribution in [0.5, 0.6) is 5.75 Å². The van der Waals surface area contributed by atoms with E-state index in [1.807, 2.05) is 0 Å². The Morgan fingerprint density at radius 1 is 1.30 bits per heavy atom. The number of nitrogens with one attached hydrogen (secondary N) is 2. The molecular formula is C19H28Cl2F2N4O3. The van der Waals surface area contributed by atoms with E-state index in [0.717, 1.165) is 32.2 Å². The van der Waals surface area contributed by atoms with Gasteiger partial charge in [-0.3, -0.25) is 9.59 Å². The largest absolute Gasteiger partial charge is 0.485 e. The van der Waals surface area contributed by atoms with Gasteiger partial charge in [0, 0.05) is 25.8 Å². The molecule has 1 aromatic rings. The van der Waals surface area contributed by atoms with E-state index in [4.69, 9.17) is 4.74 Å². The van der Waals surface area contributed by atoms with Crippen LogP contribution in [0.2, 0.25) is 0 Å². The summed E-state index contributed by atoms with van der Waals surface area (Å²) in [6.07, 6.45) is 2.40. The van der Waals surface area contributed by atoms with Gasteiger partial charge in [0.2, 0.25) is 5.91 Å². The summed E-state index contributed by atoms with van der Waals surface area (Å²) in [7, 11) is 0. The highest BCUT2D eigenvalue weighted by Crippen LogP contribution is 2.22. The summed E-state index contributed by atoms with van der Waals surface area (Å²) in [5.41, 5.74) is 0.0444. The van der Waals surface area contributed by atoms with Crippen LogP contribution in [-0.4, -0.2) is 67.0 Å². The van der Waals surface area contributed by atoms with Crippen molar-refractivity contribution in [2.45, 2.75) is 38.2 Å². The number of carbonyl (C=O) groups is 2. The number of pyridine rings is 1. The molecule has 0 radical (unpaired) electrons. The molecular weight excluding hydrogens is 441 g/mol. The number of likely N-dealkylation sites (tertiary alicyclic amines) is 1. The summed E-state index contributed by atoms with van der Waals surface area (Å²) in [5, 5.41) is 6.14. The Morgan fingerprint density at radius 2 is 2.10 bits per heavy atom. The van der Waals surface area contributed by atoms with Crippen molar-refractivity contribution in [3.8, 4) is 5.75 Å². The summed E-state index contributed by atoms with van der Waals surface area (Å²) in [6, 6.07) is 2.89. The fraction of sp³-hybridized carbons (Fsp3) is 0.632. The van der Waals surface area contributed by atoms with Gasteiger partial charge in [0.1, 0.15) is 6.61 Å². The second-order valence-corrected chi connectivity index (χ2v) is 7.21. The van der Waals surface area contributed by atoms with Crippen molar-refractivity contribution >= 4 is 36.6 Å². The van der Waals surface area contributed by atoms with Crippen LogP contribution in [0.4, 0.5) is 8.78 Å². The van der Waals surface area contributed by atoms with Crippen molar-refractivity contribution in [2.75, 3.05) is 32.8 Å². The average molecular weight is 469 g/mol. The standard InChI is InChI=1S/C19H26F2N4O3.2ClH/c20-16(21)12-28-15-6-2-8-23-17(15)19(27)25-9-3-4-13(11-25)10-24-18(26)14-5-1-7-22-14;;/h2,6,8,13-14,16,22H,1,3-5,7,9-12H2,(H,24,26);2*1H. The Hall–Kier alpha value is -1.71. The topological polar surface area (TPSA) is 83.6 Å². The van der Waals surface area contributed by atoms with E-state index in [2.05, 4.69) is 15.6 Å². The number of hydrogen-bond donors (Lipinski definition) is 2. The number of carbonyl (C=O) groups excluding carboxylic acids is 2. The molecule has 0 saturated carbocycles. The number of hydrogen-bond acceptors (Lipinski definition) is 5. The first kappa shape index (κ1) is 26.3. The molecule has 170 valence electrons. The van der Waals surface area contributed by atoms with Crippen LogP contribution in [0.1, 0.15) is 36.2 Å². The molecule has 0 spiro atoms. The molecule has 2 atom stereocenters. The van der Waals surface area contributed by atoms with Gasteiger partial charge in [0.15, 0.2) is 11.4 Å². The lowest BCUT2D eigenvalue weighted by atomic mass is 9.97. The van der Waals surface area contributed by atoms with Gasteiger partial charge in [-0.2, -0.15) is 0 Å². The Kier molecular flexibility index (Phi) is 11.3. The highest BCUT2D eigenvalue weighted by atomic mass is 35.5. The molecule has 2 unspecified atom stereocenters. The molecule has 2 saturated heterocycles. The lowest BCUT2D eigenvalue weighted by Crippen LogP contribution is -2.46. The van der Waals surface area contributed by atoms with Gasteiger partial charge < -0.3 is 20.3 Å². The predicted molar refractivity (Wildman–Crippen MR) is 113 cm³/mol. The van der Waals surface area contributed by atoms with E-state index in [1.54, 1.807) is 11.0 Å². The highest BCUT2D eigenvalue weighted by Gasteiger charge is 2.28. The zero-order valence-electron chi connectivity index (χ0n) is 16.5. The third kappa shape index (κ3) is 7.21. The van der Waals surface area contributed by atoms with Gasteiger partial charge >= 0.3 is 0 Å². The van der Waals surface area contributed by atoms with Gasteiger partial charge in [-0.1, -0.05) is 0 Å². The van der Waals surface area contributed by atoms with Crippen molar-refractivity contribution in [1.29, 1.82) is 0 Å². The van der Waals surface area contributed by atoms with E-state index in [9.17, 15) is 18.4 Å². The first-order chi connectivity index (χ1) is 13.5. The van der Waals surface area contributed by atoms with Crippen molar-refractivity contribution in [1.82, 2.24) is 20.5 Å². The molecule has 2 aliphatic heterocycles. The van der Waals surface area contributed by atoms with E-state index in [-0.39, 0.29) is 60.0 Å². The van der Waals surface area contributed by atoms with Crippen LogP contribution in [-0.2, 0) is 4.79 Å². The number of rotatable bonds is 7. The van der Waals surface area contributed by atoms with E-state index < -0.39 is 13.0 Å². The van der Waals surface area contributed by atoms with Crippen LogP contribution < -0.4 is 15.4 Å². The normalized spacial score (nSPS) is 20.8. The molecule has 2 aliphatic rings. The lowest BCUT2D eigenvalue weighted by Gasteiger charge is -2.33. The number of nitrogens with zero attached hydrogens (tertiary/aromatic N) is 2. The number of piperidine rings is 1. The molecule has 7 nitrogen and oxygen atoms in total. The second-order valence-electron chi connectivity index (χ2n) is 7.21. The molecule has 2 N–H and O–H groups in total. The maximum atomic E-state index is 12.9. The lowest BCUT2D eigenvalue weighted by molar-refractivity contribution is -0.123. The number of ether oxygens (including phenoxy) is 1. The van der Waals surface area contributed by atoms with E-state index in [0.29, 0.717) is 19.6 Å². The SMILES string of the molecule is Cl.Cl.O=C(NCC1CCCN(C(=O)c2ncccc2OCC(F)F)C1)C1CCCN1. The summed E-state index contributed by atoms with van der Waals surface area (Å²) in [5.74, 6) is -0.112. The molecule has 11 heteroatoms. The third-order valence-electron chi connectivity index (χ3n) is 5.09. The van der Waals surface area contributed by atoms with Gasteiger partial charge in [-0.25, -0.2) is 13.8 Å². The zero-order valence-corrected chi connectivity index (χ0v) is 18.2. The smallest absolute Gasteiger partial charge is 0.276 e. The Morgan fingerprint density at radius 3 is 2.80 bits per heavy atom. The number of alkyl halides is 2. The molecule has 0 aliphatic carbocycles. The molecule has 2 amide bonds. The quantitative estimate of drug-likeness (QED) is 0.641. The molecule has 0 aromatic carbocycles. The Balaban J connectivity index is 0.00000225. The van der Waals surface area contributed by atoms with E-state index in [1.165, 1.54) is 12.3 Å². The van der Waals surface area contributed by atoms with Crippen molar-refractivity contribution in [2.24, 2.45) is 5.92 Å². The van der Waals surface area contributed by atoms with E-state index >= 15 is 0 Å². The van der Waals surface area contributed by atoms with Crippen LogP contribution in [0.15, 0.2) is 18.3 Å².